The van der Waals surface area contributed by atoms with Crippen molar-refractivity contribution in [3.05, 3.63) is 59.4 Å². The second-order valence-corrected chi connectivity index (χ2v) is 8.62. The largest absolute Gasteiger partial charge is 0.511 e. The van der Waals surface area contributed by atoms with Crippen LogP contribution in [0.3, 0.4) is 0 Å². The molecule has 2 aromatic heterocycles. The molecule has 0 aliphatic heterocycles. The zero-order chi connectivity index (χ0) is 24.9. The lowest BCUT2D eigenvalue weighted by atomic mass is 10.1. The van der Waals surface area contributed by atoms with Gasteiger partial charge in [-0.15, -0.1) is 0 Å². The third-order valence-corrected chi connectivity index (χ3v) is 6.47. The van der Waals surface area contributed by atoms with Gasteiger partial charge in [0.05, 0.1) is 23.2 Å². The number of hydrogen-bond donors (Lipinski definition) is 1. The van der Waals surface area contributed by atoms with Crippen LogP contribution in [0.5, 0.6) is 5.75 Å². The Kier molecular flexibility index (Phi) is 5.68. The number of aryl methyl sites for hydroxylation is 3. The summed E-state index contributed by atoms with van der Waals surface area (Å²) < 4.78 is 29.3. The van der Waals surface area contributed by atoms with Crippen molar-refractivity contribution in [2.24, 2.45) is 0 Å². The standard InChI is InChI=1S/C27H26FN3O4/c1-5-30-21-7-6-17(14-18(21)19-12-15(2)13-20(28)25(19)30)26-29-24-16(3)23(35-27(32)33)9-8-22(24)31(26)10-11-34-4/h6-9,12-14H,5,10-11H2,1-4H3,(H,32,33). The predicted molar refractivity (Wildman–Crippen MR) is 134 cm³/mol. The molecule has 0 fully saturated rings. The lowest BCUT2D eigenvalue weighted by molar-refractivity contribution is 0.144. The molecule has 0 atom stereocenters. The van der Waals surface area contributed by atoms with Crippen LogP contribution >= 0.6 is 0 Å². The summed E-state index contributed by atoms with van der Waals surface area (Å²) in [5.74, 6) is 0.744. The van der Waals surface area contributed by atoms with Crippen LogP contribution in [-0.4, -0.2) is 39.1 Å². The fourth-order valence-corrected chi connectivity index (χ4v) is 4.93. The molecule has 0 saturated heterocycles. The van der Waals surface area contributed by atoms with E-state index in [0.717, 1.165) is 38.8 Å². The summed E-state index contributed by atoms with van der Waals surface area (Å²) in [7, 11) is 1.64. The third-order valence-electron chi connectivity index (χ3n) is 6.47. The summed E-state index contributed by atoms with van der Waals surface area (Å²) in [6.45, 7) is 7.38. The highest BCUT2D eigenvalue weighted by Gasteiger charge is 2.20. The van der Waals surface area contributed by atoms with E-state index in [-0.39, 0.29) is 11.6 Å². The Labute approximate surface area is 201 Å². The molecule has 35 heavy (non-hydrogen) atoms. The van der Waals surface area contributed by atoms with Crippen molar-refractivity contribution >= 4 is 39.0 Å². The molecule has 1 N–H and O–H groups in total. The zero-order valence-electron chi connectivity index (χ0n) is 20.1. The molecule has 0 aliphatic carbocycles. The van der Waals surface area contributed by atoms with Crippen LogP contribution in [0.2, 0.25) is 0 Å². The van der Waals surface area contributed by atoms with Gasteiger partial charge in [0.15, 0.2) is 0 Å². The van der Waals surface area contributed by atoms with Gasteiger partial charge in [-0.05, 0) is 68.8 Å². The molecule has 0 spiro atoms. The number of aromatic nitrogens is 3. The average molecular weight is 476 g/mol. The van der Waals surface area contributed by atoms with Crippen LogP contribution < -0.4 is 4.74 Å². The van der Waals surface area contributed by atoms with E-state index in [0.29, 0.717) is 36.3 Å². The number of carboxylic acid groups (broad SMARTS) is 1. The monoisotopic (exact) mass is 475 g/mol. The Morgan fingerprint density at radius 2 is 1.83 bits per heavy atom. The van der Waals surface area contributed by atoms with Gasteiger partial charge < -0.3 is 23.7 Å². The smallest absolute Gasteiger partial charge is 0.449 e. The molecule has 5 aromatic rings. The van der Waals surface area contributed by atoms with E-state index in [1.807, 2.05) is 42.7 Å². The van der Waals surface area contributed by atoms with Crippen LogP contribution in [0, 0.1) is 19.7 Å². The Morgan fingerprint density at radius 3 is 2.54 bits per heavy atom. The minimum absolute atomic E-state index is 0.228. The van der Waals surface area contributed by atoms with Crippen LogP contribution in [0.4, 0.5) is 9.18 Å². The normalized spacial score (nSPS) is 11.7. The molecule has 0 bridgehead atoms. The van der Waals surface area contributed by atoms with Crippen LogP contribution in [0.15, 0.2) is 42.5 Å². The van der Waals surface area contributed by atoms with E-state index in [2.05, 4.69) is 10.6 Å². The first kappa shape index (κ1) is 22.9. The maximum atomic E-state index is 15.0. The van der Waals surface area contributed by atoms with E-state index in [4.69, 9.17) is 19.6 Å². The predicted octanol–water partition coefficient (Wildman–Crippen LogP) is 6.29. The summed E-state index contributed by atoms with van der Waals surface area (Å²) in [5, 5.41) is 10.9. The molecule has 0 amide bonds. The van der Waals surface area contributed by atoms with E-state index in [1.165, 1.54) is 0 Å². The topological polar surface area (TPSA) is 78.5 Å². The molecule has 0 radical (unpaired) electrons. The van der Waals surface area contributed by atoms with Crippen LogP contribution in [0.25, 0.3) is 44.2 Å². The number of fused-ring (bicyclic) bond motifs is 4. The fraction of sp³-hybridized carbons (Fsp3) is 0.259. The number of methoxy groups -OCH3 is 1. The molecule has 180 valence electrons. The number of benzene rings is 3. The molecule has 3 aromatic carbocycles. The maximum absolute atomic E-state index is 15.0. The van der Waals surface area contributed by atoms with Crippen molar-refractivity contribution in [1.29, 1.82) is 0 Å². The van der Waals surface area contributed by atoms with Crippen molar-refractivity contribution in [1.82, 2.24) is 14.1 Å². The average Bonchev–Trinajstić information content (AvgIpc) is 3.35. The molecular formula is C27H26FN3O4. The molecule has 2 heterocycles. The molecule has 8 heteroatoms. The van der Waals surface area contributed by atoms with Crippen molar-refractivity contribution in [3.63, 3.8) is 0 Å². The number of halogens is 1. The molecule has 5 rings (SSSR count). The number of imidazole rings is 1. The highest BCUT2D eigenvalue weighted by atomic mass is 19.1. The summed E-state index contributed by atoms with van der Waals surface area (Å²) in [4.78, 5) is 16.0. The first-order valence-electron chi connectivity index (χ1n) is 11.5. The summed E-state index contributed by atoms with van der Waals surface area (Å²) >= 11 is 0. The Morgan fingerprint density at radius 1 is 1.06 bits per heavy atom. The Bertz CT molecular complexity index is 1620. The lowest BCUT2D eigenvalue weighted by Crippen LogP contribution is -2.06. The first-order valence-corrected chi connectivity index (χ1v) is 11.5. The van der Waals surface area contributed by atoms with Crippen LogP contribution in [-0.2, 0) is 17.8 Å². The zero-order valence-corrected chi connectivity index (χ0v) is 20.1. The van der Waals surface area contributed by atoms with E-state index >= 15 is 0 Å². The number of nitrogens with zero attached hydrogens (tertiary/aromatic N) is 3. The quantitative estimate of drug-likeness (QED) is 0.231. The van der Waals surface area contributed by atoms with Gasteiger partial charge >= 0.3 is 6.16 Å². The number of hydrogen-bond acceptors (Lipinski definition) is 4. The van der Waals surface area contributed by atoms with Crippen molar-refractivity contribution in [3.8, 4) is 17.1 Å². The number of ether oxygens (including phenoxy) is 2. The number of rotatable bonds is 6. The molecule has 0 saturated carbocycles. The van der Waals surface area contributed by atoms with Gasteiger partial charge in [0.2, 0.25) is 0 Å². The minimum atomic E-state index is -1.37. The second-order valence-electron chi connectivity index (χ2n) is 8.62. The van der Waals surface area contributed by atoms with Crippen molar-refractivity contribution in [2.45, 2.75) is 33.9 Å². The fourth-order valence-electron chi connectivity index (χ4n) is 4.93. The van der Waals surface area contributed by atoms with Crippen molar-refractivity contribution < 1.29 is 23.8 Å². The lowest BCUT2D eigenvalue weighted by Gasteiger charge is -2.10. The van der Waals surface area contributed by atoms with Gasteiger partial charge in [0.1, 0.15) is 17.4 Å². The van der Waals surface area contributed by atoms with Gasteiger partial charge in [-0.2, -0.15) is 0 Å². The second kappa shape index (κ2) is 8.70. The van der Waals surface area contributed by atoms with Crippen molar-refractivity contribution in [2.75, 3.05) is 13.7 Å². The van der Waals surface area contributed by atoms with Gasteiger partial charge in [0, 0.05) is 47.6 Å². The SMILES string of the molecule is CCn1c2ccc(-c3nc4c(C)c(OC(=O)O)ccc4n3CCOC)cc2c2cc(C)cc(F)c21. The molecule has 0 aliphatic rings. The van der Waals surface area contributed by atoms with Crippen LogP contribution in [0.1, 0.15) is 18.1 Å². The summed E-state index contributed by atoms with van der Waals surface area (Å²) in [5.41, 5.74) is 5.46. The molecular weight excluding hydrogens is 449 g/mol. The first-order chi connectivity index (χ1) is 16.8. The molecule has 0 unspecified atom stereocenters. The number of carbonyl (C=O) groups is 1. The minimum Gasteiger partial charge on any atom is -0.449 e. The van der Waals surface area contributed by atoms with Gasteiger partial charge in [-0.25, -0.2) is 14.2 Å². The maximum Gasteiger partial charge on any atom is 0.511 e. The van der Waals surface area contributed by atoms with Gasteiger partial charge in [-0.1, -0.05) is 0 Å². The third kappa shape index (κ3) is 3.70. The van der Waals surface area contributed by atoms with E-state index < -0.39 is 6.16 Å². The Balaban J connectivity index is 1.78. The molecule has 7 nitrogen and oxygen atoms in total. The van der Waals surface area contributed by atoms with E-state index in [1.54, 1.807) is 26.2 Å². The van der Waals surface area contributed by atoms with E-state index in [9.17, 15) is 9.18 Å². The van der Waals surface area contributed by atoms with Gasteiger partial charge in [-0.3, -0.25) is 0 Å². The Hall–Kier alpha value is -3.91. The highest BCUT2D eigenvalue weighted by Crippen LogP contribution is 2.36. The highest BCUT2D eigenvalue weighted by molar-refractivity contribution is 6.09. The summed E-state index contributed by atoms with van der Waals surface area (Å²) in [6.07, 6.45) is -1.37. The summed E-state index contributed by atoms with van der Waals surface area (Å²) in [6, 6.07) is 13.1. The van der Waals surface area contributed by atoms with Gasteiger partial charge in [0.25, 0.3) is 0 Å².